The fourth-order valence-electron chi connectivity index (χ4n) is 4.29. The van der Waals surface area contributed by atoms with Crippen LogP contribution in [0, 0.1) is 13.8 Å². The van der Waals surface area contributed by atoms with E-state index in [-0.39, 0.29) is 0 Å². The predicted molar refractivity (Wildman–Crippen MR) is 129 cm³/mol. The third-order valence-electron chi connectivity index (χ3n) is 6.41. The monoisotopic (exact) mass is 438 g/mol. The molecule has 0 spiro atoms. The highest BCUT2D eigenvalue weighted by Crippen LogP contribution is 2.27. The van der Waals surface area contributed by atoms with E-state index in [1.54, 1.807) is 0 Å². The molecule has 0 atom stereocenters. The van der Waals surface area contributed by atoms with Gasteiger partial charge in [0.1, 0.15) is 0 Å². The Kier molecular flexibility index (Phi) is 7.86. The SMILES string of the molecule is Cc1cnc(N2CCCN(C)CC2)nc1.Cc1cnc(N2CCCN(C3CC3)CC2)nc1. The standard InChI is InChI=1S/C13H20N4.C11H18N4/c1-11-9-14-13(15-10-11)17-6-2-5-16(7-8-17)12-3-4-12;1-10-8-12-11(13-9-10)15-5-3-4-14(2)6-7-15/h9-10,12H,2-8H2,1H3;8-9H,3-7H2,1-2H3. The minimum Gasteiger partial charge on any atom is -0.339 e. The van der Waals surface area contributed by atoms with Crippen molar-refractivity contribution in [1.29, 1.82) is 0 Å². The molecule has 2 aliphatic heterocycles. The number of hydrogen-bond donors (Lipinski definition) is 0. The van der Waals surface area contributed by atoms with E-state index in [1.807, 2.05) is 38.6 Å². The molecule has 4 heterocycles. The van der Waals surface area contributed by atoms with E-state index >= 15 is 0 Å². The molecule has 1 aliphatic carbocycles. The Morgan fingerprint density at radius 3 is 1.66 bits per heavy atom. The molecule has 0 unspecified atom stereocenters. The smallest absolute Gasteiger partial charge is 0.225 e. The van der Waals surface area contributed by atoms with Crippen molar-refractivity contribution in [3.63, 3.8) is 0 Å². The zero-order chi connectivity index (χ0) is 22.3. The molecular weight excluding hydrogens is 400 g/mol. The summed E-state index contributed by atoms with van der Waals surface area (Å²) in [6.07, 6.45) is 12.8. The summed E-state index contributed by atoms with van der Waals surface area (Å²) in [5.41, 5.74) is 2.24. The van der Waals surface area contributed by atoms with E-state index in [4.69, 9.17) is 0 Å². The van der Waals surface area contributed by atoms with Gasteiger partial charge in [0.2, 0.25) is 11.9 Å². The van der Waals surface area contributed by atoms with Gasteiger partial charge < -0.3 is 14.7 Å². The molecule has 2 saturated heterocycles. The van der Waals surface area contributed by atoms with Crippen LogP contribution in [0.1, 0.15) is 36.8 Å². The maximum absolute atomic E-state index is 4.43. The topological polar surface area (TPSA) is 64.5 Å². The first-order chi connectivity index (χ1) is 15.6. The summed E-state index contributed by atoms with van der Waals surface area (Å²) in [5.74, 6) is 1.77. The zero-order valence-corrected chi connectivity index (χ0v) is 19.9. The van der Waals surface area contributed by atoms with Gasteiger partial charge in [-0.05, 0) is 64.3 Å². The number of nitrogens with zero attached hydrogens (tertiary/aromatic N) is 8. The van der Waals surface area contributed by atoms with Gasteiger partial charge >= 0.3 is 0 Å². The van der Waals surface area contributed by atoms with Crippen LogP contribution in [-0.2, 0) is 0 Å². The molecule has 0 aromatic carbocycles. The molecule has 2 aromatic heterocycles. The van der Waals surface area contributed by atoms with Crippen molar-refractivity contribution in [2.24, 2.45) is 0 Å². The lowest BCUT2D eigenvalue weighted by molar-refractivity contribution is 0.283. The fraction of sp³-hybridized carbons (Fsp3) is 0.667. The predicted octanol–water partition coefficient (Wildman–Crippen LogP) is 2.39. The van der Waals surface area contributed by atoms with Gasteiger partial charge in [0.15, 0.2) is 0 Å². The minimum atomic E-state index is 0.871. The molecule has 2 aromatic rings. The lowest BCUT2D eigenvalue weighted by Gasteiger charge is -2.21. The molecule has 3 aliphatic rings. The van der Waals surface area contributed by atoms with Gasteiger partial charge in [0.25, 0.3) is 0 Å². The highest BCUT2D eigenvalue weighted by molar-refractivity contribution is 5.30. The first-order valence-corrected chi connectivity index (χ1v) is 12.1. The van der Waals surface area contributed by atoms with Crippen LogP contribution >= 0.6 is 0 Å². The van der Waals surface area contributed by atoms with Crippen molar-refractivity contribution in [3.8, 4) is 0 Å². The van der Waals surface area contributed by atoms with E-state index < -0.39 is 0 Å². The Balaban J connectivity index is 0.000000155. The number of anilines is 2. The molecule has 8 nitrogen and oxygen atoms in total. The van der Waals surface area contributed by atoms with E-state index in [0.29, 0.717) is 0 Å². The Hall–Kier alpha value is -2.32. The van der Waals surface area contributed by atoms with Crippen LogP contribution in [0.15, 0.2) is 24.8 Å². The van der Waals surface area contributed by atoms with Crippen molar-refractivity contribution < 1.29 is 0 Å². The Morgan fingerprint density at radius 2 is 1.12 bits per heavy atom. The van der Waals surface area contributed by atoms with Gasteiger partial charge in [-0.2, -0.15) is 0 Å². The third-order valence-corrected chi connectivity index (χ3v) is 6.41. The molecule has 8 heteroatoms. The third kappa shape index (κ3) is 6.59. The number of aromatic nitrogens is 4. The molecule has 0 N–H and O–H groups in total. The molecule has 0 radical (unpaired) electrons. The maximum atomic E-state index is 4.43. The average Bonchev–Trinajstić information content (AvgIpc) is 3.65. The quantitative estimate of drug-likeness (QED) is 0.724. The van der Waals surface area contributed by atoms with Crippen LogP contribution in [0.5, 0.6) is 0 Å². The second kappa shape index (κ2) is 11.0. The first kappa shape index (κ1) is 22.9. The Bertz CT molecular complexity index is 821. The van der Waals surface area contributed by atoms with Crippen molar-refractivity contribution in [2.75, 3.05) is 69.2 Å². The number of hydrogen-bond acceptors (Lipinski definition) is 8. The fourth-order valence-corrected chi connectivity index (χ4v) is 4.29. The van der Waals surface area contributed by atoms with Crippen molar-refractivity contribution in [3.05, 3.63) is 35.9 Å². The van der Waals surface area contributed by atoms with E-state index in [9.17, 15) is 0 Å². The highest BCUT2D eigenvalue weighted by Gasteiger charge is 2.30. The zero-order valence-electron chi connectivity index (χ0n) is 19.9. The van der Waals surface area contributed by atoms with Crippen molar-refractivity contribution >= 4 is 11.9 Å². The molecule has 0 amide bonds. The maximum Gasteiger partial charge on any atom is 0.225 e. The molecule has 174 valence electrons. The molecule has 3 fully saturated rings. The second-order valence-electron chi connectivity index (χ2n) is 9.37. The Labute approximate surface area is 192 Å². The summed E-state index contributed by atoms with van der Waals surface area (Å²) in [7, 11) is 2.17. The van der Waals surface area contributed by atoms with Crippen LogP contribution in [-0.4, -0.2) is 95.2 Å². The van der Waals surface area contributed by atoms with Crippen molar-refractivity contribution in [2.45, 2.75) is 45.6 Å². The summed E-state index contributed by atoms with van der Waals surface area (Å²) in [6, 6.07) is 0.883. The average molecular weight is 439 g/mol. The molecule has 0 bridgehead atoms. The largest absolute Gasteiger partial charge is 0.339 e. The van der Waals surface area contributed by atoms with Gasteiger partial charge in [0.05, 0.1) is 0 Å². The molecule has 32 heavy (non-hydrogen) atoms. The minimum absolute atomic E-state index is 0.871. The van der Waals surface area contributed by atoms with Crippen LogP contribution in [0.3, 0.4) is 0 Å². The van der Waals surface area contributed by atoms with Gasteiger partial charge in [0, 0.05) is 76.6 Å². The van der Waals surface area contributed by atoms with E-state index in [0.717, 1.165) is 61.8 Å². The van der Waals surface area contributed by atoms with Crippen LogP contribution in [0.4, 0.5) is 11.9 Å². The lowest BCUT2D eigenvalue weighted by atomic mass is 10.4. The molecule has 5 rings (SSSR count). The molecular formula is C24H38N8. The summed E-state index contributed by atoms with van der Waals surface area (Å²) in [4.78, 5) is 27.2. The first-order valence-electron chi connectivity index (χ1n) is 12.1. The Morgan fingerprint density at radius 1 is 0.625 bits per heavy atom. The van der Waals surface area contributed by atoms with Crippen LogP contribution in [0.2, 0.25) is 0 Å². The number of likely N-dealkylation sites (N-methyl/N-ethyl adjacent to an activating group) is 1. The summed E-state index contributed by atoms with van der Waals surface area (Å²) < 4.78 is 0. The van der Waals surface area contributed by atoms with E-state index in [1.165, 1.54) is 45.3 Å². The van der Waals surface area contributed by atoms with Crippen LogP contribution < -0.4 is 9.80 Å². The van der Waals surface area contributed by atoms with Gasteiger partial charge in [-0.1, -0.05) is 0 Å². The number of aryl methyl sites for hydroxylation is 2. The summed E-state index contributed by atoms with van der Waals surface area (Å²) in [5, 5.41) is 0. The van der Waals surface area contributed by atoms with Crippen molar-refractivity contribution in [1.82, 2.24) is 29.7 Å². The number of rotatable bonds is 3. The molecule has 1 saturated carbocycles. The second-order valence-corrected chi connectivity index (χ2v) is 9.37. The van der Waals surface area contributed by atoms with E-state index in [2.05, 4.69) is 46.6 Å². The van der Waals surface area contributed by atoms with Gasteiger partial charge in [-0.3, -0.25) is 4.90 Å². The normalized spacial score (nSPS) is 20.8. The highest BCUT2D eigenvalue weighted by atomic mass is 15.3. The van der Waals surface area contributed by atoms with Gasteiger partial charge in [-0.15, -0.1) is 0 Å². The summed E-state index contributed by atoms with van der Waals surface area (Å²) in [6.45, 7) is 13.0. The van der Waals surface area contributed by atoms with Crippen LogP contribution in [0.25, 0.3) is 0 Å². The summed E-state index contributed by atoms with van der Waals surface area (Å²) >= 11 is 0. The lowest BCUT2D eigenvalue weighted by Crippen LogP contribution is -2.32. The van der Waals surface area contributed by atoms with Gasteiger partial charge in [-0.25, -0.2) is 19.9 Å².